The van der Waals surface area contributed by atoms with Crippen molar-refractivity contribution in [2.75, 3.05) is 0 Å². The number of hydrogen-bond acceptors (Lipinski definition) is 0. The summed E-state index contributed by atoms with van der Waals surface area (Å²) in [5.41, 5.74) is 8.86. The Balaban J connectivity index is 1.41. The Morgan fingerprint density at radius 2 is 0.971 bits per heavy atom. The summed E-state index contributed by atoms with van der Waals surface area (Å²) < 4.78 is 2.46. The van der Waals surface area contributed by atoms with Gasteiger partial charge in [-0.05, 0) is 57.3 Å². The summed E-state index contributed by atoms with van der Waals surface area (Å²) in [6, 6.07) is 46.4. The highest BCUT2D eigenvalue weighted by Gasteiger charge is 2.19. The van der Waals surface area contributed by atoms with E-state index in [1.165, 1.54) is 71.1 Å². The van der Waals surface area contributed by atoms with E-state index in [4.69, 9.17) is 0 Å². The van der Waals surface area contributed by atoms with Gasteiger partial charge in [0, 0.05) is 21.5 Å². The maximum Gasteiger partial charge on any atom is 0.0626 e. The Bertz CT molecular complexity index is 2030. The molecule has 0 N–H and O–H groups in total. The molecule has 8 rings (SSSR count). The minimum Gasteiger partial charge on any atom is -0.308 e. The molecule has 2 aromatic heterocycles. The lowest BCUT2D eigenvalue weighted by Crippen LogP contribution is -1.82. The first kappa shape index (κ1) is 18.8. The van der Waals surface area contributed by atoms with Crippen molar-refractivity contribution < 1.29 is 0 Å². The highest BCUT2D eigenvalue weighted by atomic mass is 14.9. The van der Waals surface area contributed by atoms with Crippen molar-refractivity contribution in [2.24, 2.45) is 0 Å². The largest absolute Gasteiger partial charge is 0.308 e. The zero-order valence-corrected chi connectivity index (χ0v) is 19.1. The van der Waals surface area contributed by atoms with Gasteiger partial charge in [-0.3, -0.25) is 0 Å². The average molecular weight is 444 g/mol. The number of benzene rings is 6. The molecule has 0 unspecified atom stereocenters. The Morgan fingerprint density at radius 1 is 0.371 bits per heavy atom. The van der Waals surface area contributed by atoms with Gasteiger partial charge in [-0.25, -0.2) is 0 Å². The fourth-order valence-electron chi connectivity index (χ4n) is 5.91. The number of fused-ring (bicyclic) bond motifs is 8. The molecule has 0 saturated carbocycles. The van der Waals surface area contributed by atoms with Crippen LogP contribution in [0.25, 0.3) is 71.1 Å². The van der Waals surface area contributed by atoms with Crippen molar-refractivity contribution in [1.82, 2.24) is 4.40 Å². The predicted molar refractivity (Wildman–Crippen MR) is 149 cm³/mol. The van der Waals surface area contributed by atoms with Gasteiger partial charge in [-0.15, -0.1) is 0 Å². The number of nitrogens with zero attached hydrogens (tertiary/aromatic N) is 1. The van der Waals surface area contributed by atoms with Gasteiger partial charge < -0.3 is 4.40 Å². The molecule has 162 valence electrons. The molecule has 1 heteroatoms. The van der Waals surface area contributed by atoms with Crippen LogP contribution in [-0.4, -0.2) is 4.40 Å². The van der Waals surface area contributed by atoms with Gasteiger partial charge >= 0.3 is 0 Å². The zero-order valence-electron chi connectivity index (χ0n) is 19.1. The van der Waals surface area contributed by atoms with Crippen molar-refractivity contribution in [1.29, 1.82) is 0 Å². The maximum atomic E-state index is 2.46. The van der Waals surface area contributed by atoms with Crippen LogP contribution in [0, 0.1) is 0 Å². The quantitative estimate of drug-likeness (QED) is 0.251. The predicted octanol–water partition coefficient (Wildman–Crippen LogP) is 9.32. The third-order valence-electron chi connectivity index (χ3n) is 7.51. The standard InChI is InChI=1S/C34H21N/c1-2-8-22(9-3-1)23-14-16-24(17-15-23)25-18-19-32-29(20-25)30-21-26-10-4-5-11-27(26)33-28-12-6-7-13-31(28)35(32)34(30)33/h1-21H. The molecule has 1 nitrogen and oxygen atoms in total. The summed E-state index contributed by atoms with van der Waals surface area (Å²) in [4.78, 5) is 0. The summed E-state index contributed by atoms with van der Waals surface area (Å²) in [7, 11) is 0. The van der Waals surface area contributed by atoms with Crippen LogP contribution in [-0.2, 0) is 0 Å². The van der Waals surface area contributed by atoms with Gasteiger partial charge in [0.15, 0.2) is 0 Å². The fraction of sp³-hybridized carbons (Fsp3) is 0. The van der Waals surface area contributed by atoms with Crippen LogP contribution in [0.5, 0.6) is 0 Å². The summed E-state index contributed by atoms with van der Waals surface area (Å²) >= 11 is 0. The van der Waals surface area contributed by atoms with Gasteiger partial charge in [0.2, 0.25) is 0 Å². The number of aromatic nitrogens is 1. The molecule has 0 aliphatic heterocycles. The summed E-state index contributed by atoms with van der Waals surface area (Å²) in [5, 5.41) is 7.94. The molecule has 2 heterocycles. The Labute approximate surface area is 202 Å². The van der Waals surface area contributed by atoms with Crippen LogP contribution in [0.1, 0.15) is 0 Å². The molecule has 0 bridgehead atoms. The molecular weight excluding hydrogens is 422 g/mol. The van der Waals surface area contributed by atoms with Gasteiger partial charge in [-0.1, -0.05) is 103 Å². The third-order valence-corrected chi connectivity index (χ3v) is 7.51. The molecule has 0 aliphatic rings. The SMILES string of the molecule is c1ccc(-c2ccc(-c3ccc4c(c3)c3cc5ccccc5c5c6ccccc6n4c35)cc2)cc1. The van der Waals surface area contributed by atoms with Crippen molar-refractivity contribution in [3.63, 3.8) is 0 Å². The lowest BCUT2D eigenvalue weighted by atomic mass is 9.97. The zero-order chi connectivity index (χ0) is 22.9. The van der Waals surface area contributed by atoms with Crippen molar-refractivity contribution in [2.45, 2.75) is 0 Å². The number of rotatable bonds is 2. The van der Waals surface area contributed by atoms with Crippen molar-refractivity contribution in [3.8, 4) is 22.3 Å². The van der Waals surface area contributed by atoms with Crippen LogP contribution in [0.3, 0.4) is 0 Å². The highest BCUT2D eigenvalue weighted by molar-refractivity contribution is 6.31. The van der Waals surface area contributed by atoms with Crippen LogP contribution in [0.15, 0.2) is 127 Å². The second-order valence-electron chi connectivity index (χ2n) is 9.40. The van der Waals surface area contributed by atoms with E-state index in [-0.39, 0.29) is 0 Å². The average Bonchev–Trinajstić information content (AvgIpc) is 3.45. The normalized spacial score (nSPS) is 12.0. The first-order valence-electron chi connectivity index (χ1n) is 12.1. The van der Waals surface area contributed by atoms with Gasteiger partial charge in [0.05, 0.1) is 16.6 Å². The molecule has 0 amide bonds. The maximum absolute atomic E-state index is 2.46. The van der Waals surface area contributed by atoms with Gasteiger partial charge in [0.25, 0.3) is 0 Å². The summed E-state index contributed by atoms with van der Waals surface area (Å²) in [6.45, 7) is 0. The third kappa shape index (κ3) is 2.58. The van der Waals surface area contributed by atoms with E-state index in [1.807, 2.05) is 0 Å². The van der Waals surface area contributed by atoms with Crippen LogP contribution < -0.4 is 0 Å². The molecule has 0 fully saturated rings. The monoisotopic (exact) mass is 443 g/mol. The molecule has 8 aromatic rings. The second-order valence-corrected chi connectivity index (χ2v) is 9.40. The van der Waals surface area contributed by atoms with Crippen LogP contribution in [0.2, 0.25) is 0 Å². The van der Waals surface area contributed by atoms with Gasteiger partial charge in [-0.2, -0.15) is 0 Å². The van der Waals surface area contributed by atoms with Crippen LogP contribution >= 0.6 is 0 Å². The van der Waals surface area contributed by atoms with E-state index in [0.29, 0.717) is 0 Å². The second kappa shape index (κ2) is 6.94. The molecule has 0 atom stereocenters. The molecule has 0 radical (unpaired) electrons. The Kier molecular flexibility index (Phi) is 3.72. The first-order valence-corrected chi connectivity index (χ1v) is 12.1. The number of para-hydroxylation sites is 1. The van der Waals surface area contributed by atoms with Crippen molar-refractivity contribution in [3.05, 3.63) is 127 Å². The first-order chi connectivity index (χ1) is 17.4. The van der Waals surface area contributed by atoms with Crippen molar-refractivity contribution >= 4 is 48.9 Å². The fourth-order valence-corrected chi connectivity index (χ4v) is 5.91. The van der Waals surface area contributed by atoms with E-state index in [2.05, 4.69) is 132 Å². The molecule has 35 heavy (non-hydrogen) atoms. The number of hydrogen-bond donors (Lipinski definition) is 0. The van der Waals surface area contributed by atoms with Gasteiger partial charge in [0.1, 0.15) is 0 Å². The molecule has 0 aliphatic carbocycles. The highest BCUT2D eigenvalue weighted by Crippen LogP contribution is 2.43. The minimum absolute atomic E-state index is 1.24. The Morgan fingerprint density at radius 3 is 1.80 bits per heavy atom. The van der Waals surface area contributed by atoms with Crippen LogP contribution in [0.4, 0.5) is 0 Å². The lowest BCUT2D eigenvalue weighted by molar-refractivity contribution is 1.37. The van der Waals surface area contributed by atoms with E-state index in [9.17, 15) is 0 Å². The topological polar surface area (TPSA) is 4.41 Å². The molecular formula is C34H21N. The van der Waals surface area contributed by atoms with E-state index in [0.717, 1.165) is 0 Å². The summed E-state index contributed by atoms with van der Waals surface area (Å²) in [6.07, 6.45) is 0. The lowest BCUT2D eigenvalue weighted by Gasteiger charge is -2.06. The molecule has 0 saturated heterocycles. The van der Waals surface area contributed by atoms with E-state index < -0.39 is 0 Å². The van der Waals surface area contributed by atoms with E-state index in [1.54, 1.807) is 0 Å². The molecule has 6 aromatic carbocycles. The molecule has 0 spiro atoms. The summed E-state index contributed by atoms with van der Waals surface area (Å²) in [5.74, 6) is 0. The minimum atomic E-state index is 1.24. The smallest absolute Gasteiger partial charge is 0.0626 e. The van der Waals surface area contributed by atoms with E-state index >= 15 is 0 Å². The Hall–Kier alpha value is -4.62.